The van der Waals surface area contributed by atoms with E-state index in [2.05, 4.69) is 16.0 Å². The highest BCUT2D eigenvalue weighted by atomic mass is 35.5. The number of benzene rings is 1. The molecule has 1 atom stereocenters. The lowest BCUT2D eigenvalue weighted by Gasteiger charge is -2.23. The van der Waals surface area contributed by atoms with Gasteiger partial charge in [-0.3, -0.25) is 0 Å². The molecule has 9 heteroatoms. The zero-order valence-corrected chi connectivity index (χ0v) is 15.2. The Labute approximate surface area is 154 Å². The van der Waals surface area contributed by atoms with Crippen LogP contribution in [0.3, 0.4) is 0 Å². The first-order chi connectivity index (χ1) is 11.8. The Balaban J connectivity index is 2.15. The van der Waals surface area contributed by atoms with Crippen LogP contribution in [0.25, 0.3) is 0 Å². The number of hydrogen-bond donors (Lipinski definition) is 3. The molecule has 0 fully saturated rings. The number of ether oxygens (including phenoxy) is 1. The number of carbonyl (C=O) groups excluding carboxylic acids is 2. The minimum absolute atomic E-state index is 0.0566. The Bertz CT molecular complexity index is 725. The largest absolute Gasteiger partial charge is 0.463 e. The van der Waals surface area contributed by atoms with Crippen molar-refractivity contribution in [3.05, 3.63) is 44.8 Å². The van der Waals surface area contributed by atoms with Gasteiger partial charge in [-0.2, -0.15) is 0 Å². The summed E-state index contributed by atoms with van der Waals surface area (Å²) < 4.78 is 18.6. The third kappa shape index (κ3) is 4.84. The second-order valence-electron chi connectivity index (χ2n) is 5.38. The van der Waals surface area contributed by atoms with Crippen LogP contribution in [0.2, 0.25) is 10.0 Å². The summed E-state index contributed by atoms with van der Waals surface area (Å²) in [5, 5.41) is 8.47. The molecule has 1 aromatic rings. The third-order valence-corrected chi connectivity index (χ3v) is 4.28. The van der Waals surface area contributed by atoms with Gasteiger partial charge < -0.3 is 20.7 Å². The normalized spacial score (nSPS) is 15.5. The quantitative estimate of drug-likeness (QED) is 0.516. The Morgan fingerprint density at radius 3 is 2.80 bits per heavy atom. The standard InChI is InChI=1S/C16H18Cl2FN3O3/c1-3-25-15(23)10-6-21-16(24)22-14(10)7-20-8(2)9-4-13(19)12(18)5-11(9)17/h4-5,8,20H,3,6-7H2,1-2H3,(H2,21,22,24)/t8-/m0/s1. The fraction of sp³-hybridized carbons (Fsp3) is 0.375. The highest BCUT2D eigenvalue weighted by Gasteiger charge is 2.24. The first-order valence-electron chi connectivity index (χ1n) is 7.65. The number of nitrogens with one attached hydrogen (secondary N) is 3. The minimum atomic E-state index is -0.573. The van der Waals surface area contributed by atoms with Crippen LogP contribution in [-0.4, -0.2) is 31.7 Å². The van der Waals surface area contributed by atoms with Crippen molar-refractivity contribution in [1.82, 2.24) is 16.0 Å². The molecule has 1 heterocycles. The molecule has 0 saturated carbocycles. The van der Waals surface area contributed by atoms with Gasteiger partial charge in [-0.1, -0.05) is 23.2 Å². The molecule has 1 aliphatic heterocycles. The number of halogens is 3. The number of esters is 1. The zero-order valence-electron chi connectivity index (χ0n) is 13.7. The molecule has 0 aliphatic carbocycles. The molecule has 136 valence electrons. The number of amides is 2. The number of carbonyl (C=O) groups is 2. The Kier molecular flexibility index (Phi) is 6.64. The van der Waals surface area contributed by atoms with Crippen LogP contribution in [0.15, 0.2) is 23.4 Å². The lowest BCUT2D eigenvalue weighted by Crippen LogP contribution is -2.46. The summed E-state index contributed by atoms with van der Waals surface area (Å²) in [4.78, 5) is 23.5. The van der Waals surface area contributed by atoms with E-state index in [-0.39, 0.29) is 30.8 Å². The average Bonchev–Trinajstić information content (AvgIpc) is 2.56. The van der Waals surface area contributed by atoms with Crippen LogP contribution in [0, 0.1) is 5.82 Å². The monoisotopic (exact) mass is 389 g/mol. The fourth-order valence-corrected chi connectivity index (χ4v) is 2.88. The molecule has 1 aromatic carbocycles. The van der Waals surface area contributed by atoms with Gasteiger partial charge in [0.15, 0.2) is 0 Å². The summed E-state index contributed by atoms with van der Waals surface area (Å²) in [6.07, 6.45) is 0. The van der Waals surface area contributed by atoms with Crippen molar-refractivity contribution < 1.29 is 18.7 Å². The van der Waals surface area contributed by atoms with Gasteiger partial charge in [0.1, 0.15) is 5.82 Å². The SMILES string of the molecule is CCOC(=O)C1=C(CN[C@@H](C)c2cc(F)c(Cl)cc2Cl)NC(=O)NC1. The smallest absolute Gasteiger partial charge is 0.337 e. The van der Waals surface area contributed by atoms with E-state index in [1.807, 2.05) is 0 Å². The molecular formula is C16H18Cl2FN3O3. The van der Waals surface area contributed by atoms with Crippen molar-refractivity contribution in [2.24, 2.45) is 0 Å². The number of urea groups is 1. The van der Waals surface area contributed by atoms with Crippen LogP contribution < -0.4 is 16.0 Å². The topological polar surface area (TPSA) is 79.5 Å². The maximum Gasteiger partial charge on any atom is 0.337 e. The van der Waals surface area contributed by atoms with Gasteiger partial charge in [-0.05, 0) is 31.5 Å². The molecule has 1 aliphatic rings. The number of hydrogen-bond acceptors (Lipinski definition) is 4. The van der Waals surface area contributed by atoms with E-state index < -0.39 is 17.8 Å². The van der Waals surface area contributed by atoms with Crippen molar-refractivity contribution in [2.45, 2.75) is 19.9 Å². The van der Waals surface area contributed by atoms with E-state index in [0.29, 0.717) is 21.9 Å². The fourth-order valence-electron chi connectivity index (χ4n) is 2.33. The number of rotatable bonds is 6. The highest BCUT2D eigenvalue weighted by molar-refractivity contribution is 6.35. The van der Waals surface area contributed by atoms with Gasteiger partial charge in [0, 0.05) is 23.3 Å². The molecule has 2 rings (SSSR count). The van der Waals surface area contributed by atoms with Crippen LogP contribution in [0.1, 0.15) is 25.5 Å². The van der Waals surface area contributed by atoms with Gasteiger partial charge in [0.2, 0.25) is 0 Å². The Morgan fingerprint density at radius 2 is 2.12 bits per heavy atom. The summed E-state index contributed by atoms with van der Waals surface area (Å²) in [7, 11) is 0. The first-order valence-corrected chi connectivity index (χ1v) is 8.40. The van der Waals surface area contributed by atoms with Gasteiger partial charge in [-0.15, -0.1) is 0 Å². The van der Waals surface area contributed by atoms with Crippen molar-refractivity contribution in [3.8, 4) is 0 Å². The van der Waals surface area contributed by atoms with E-state index in [4.69, 9.17) is 27.9 Å². The molecule has 0 saturated heterocycles. The van der Waals surface area contributed by atoms with Crippen LogP contribution in [0.5, 0.6) is 0 Å². The maximum absolute atomic E-state index is 13.7. The summed E-state index contributed by atoms with van der Waals surface area (Å²) in [5.41, 5.74) is 1.25. The van der Waals surface area contributed by atoms with Crippen molar-refractivity contribution in [3.63, 3.8) is 0 Å². The maximum atomic E-state index is 13.7. The second-order valence-corrected chi connectivity index (χ2v) is 6.19. The molecule has 6 nitrogen and oxygen atoms in total. The summed E-state index contributed by atoms with van der Waals surface area (Å²) in [6, 6.07) is 1.83. The lowest BCUT2D eigenvalue weighted by molar-refractivity contribution is -0.138. The molecule has 2 amide bonds. The van der Waals surface area contributed by atoms with Gasteiger partial charge >= 0.3 is 12.0 Å². The molecule has 0 radical (unpaired) electrons. The van der Waals surface area contributed by atoms with Gasteiger partial charge in [-0.25, -0.2) is 14.0 Å². The molecule has 0 bridgehead atoms. The van der Waals surface area contributed by atoms with E-state index in [1.165, 1.54) is 12.1 Å². The van der Waals surface area contributed by atoms with Crippen molar-refractivity contribution in [2.75, 3.05) is 19.7 Å². The lowest BCUT2D eigenvalue weighted by atomic mass is 10.1. The highest BCUT2D eigenvalue weighted by Crippen LogP contribution is 2.28. The molecular weight excluding hydrogens is 372 g/mol. The average molecular weight is 390 g/mol. The van der Waals surface area contributed by atoms with Gasteiger partial charge in [0.25, 0.3) is 0 Å². The zero-order chi connectivity index (χ0) is 18.6. The minimum Gasteiger partial charge on any atom is -0.463 e. The van der Waals surface area contributed by atoms with E-state index in [0.717, 1.165) is 0 Å². The van der Waals surface area contributed by atoms with Crippen LogP contribution in [0.4, 0.5) is 9.18 Å². The van der Waals surface area contributed by atoms with E-state index in [9.17, 15) is 14.0 Å². The molecule has 25 heavy (non-hydrogen) atoms. The second kappa shape index (κ2) is 8.51. The Hall–Kier alpha value is -1.83. The van der Waals surface area contributed by atoms with Crippen molar-refractivity contribution >= 4 is 35.2 Å². The van der Waals surface area contributed by atoms with Crippen LogP contribution in [-0.2, 0) is 9.53 Å². The summed E-state index contributed by atoms with van der Waals surface area (Å²) >= 11 is 11.8. The molecule has 0 aromatic heterocycles. The first kappa shape index (κ1) is 19.5. The predicted molar refractivity (Wildman–Crippen MR) is 93.0 cm³/mol. The molecule has 3 N–H and O–H groups in total. The van der Waals surface area contributed by atoms with Crippen molar-refractivity contribution in [1.29, 1.82) is 0 Å². The van der Waals surface area contributed by atoms with E-state index in [1.54, 1.807) is 13.8 Å². The summed E-state index contributed by atoms with van der Waals surface area (Å²) in [6.45, 7) is 3.95. The molecule has 0 spiro atoms. The van der Waals surface area contributed by atoms with Crippen LogP contribution >= 0.6 is 23.2 Å². The predicted octanol–water partition coefficient (Wildman–Crippen LogP) is 2.91. The van der Waals surface area contributed by atoms with E-state index >= 15 is 0 Å². The third-order valence-electron chi connectivity index (χ3n) is 3.67. The molecule has 0 unspecified atom stereocenters. The Morgan fingerprint density at radius 1 is 1.40 bits per heavy atom. The summed E-state index contributed by atoms with van der Waals surface area (Å²) in [5.74, 6) is -1.08. The van der Waals surface area contributed by atoms with Gasteiger partial charge in [0.05, 0.1) is 23.7 Å².